The lowest BCUT2D eigenvalue weighted by molar-refractivity contribution is 0.248. The van der Waals surface area contributed by atoms with Gasteiger partial charge in [0.15, 0.2) is 0 Å². The molecule has 3 aromatic rings. The maximum atomic E-state index is 12.3. The molecule has 0 fully saturated rings. The van der Waals surface area contributed by atoms with Crippen LogP contribution in [0.4, 0.5) is 10.5 Å². The number of hydrogen-bond acceptors (Lipinski definition) is 4. The van der Waals surface area contributed by atoms with Crippen molar-refractivity contribution in [2.75, 3.05) is 5.32 Å². The summed E-state index contributed by atoms with van der Waals surface area (Å²) in [4.78, 5) is 12.3. The Hall–Kier alpha value is -3.09. The molecule has 0 bridgehead atoms. The minimum atomic E-state index is -0.265. The molecule has 1 atom stereocenters. The number of rotatable bonds is 5. The van der Waals surface area contributed by atoms with Crippen molar-refractivity contribution in [1.82, 2.24) is 20.3 Å². The number of carbonyl (C=O) groups is 1. The molecule has 0 aliphatic carbocycles. The molecule has 7 nitrogen and oxygen atoms in total. The first-order valence-corrected chi connectivity index (χ1v) is 8.19. The van der Waals surface area contributed by atoms with Crippen molar-refractivity contribution in [3.05, 3.63) is 59.7 Å². The SMILES string of the molecule is CC[C@H](NC(=O)Nc1ccc(-n2cccn2)cc1)c1c(C)noc1C. The Labute approximate surface area is 146 Å². The molecule has 2 N–H and O–H groups in total. The first-order chi connectivity index (χ1) is 12.1. The van der Waals surface area contributed by atoms with E-state index in [-0.39, 0.29) is 12.1 Å². The molecular weight excluding hydrogens is 318 g/mol. The van der Waals surface area contributed by atoms with Gasteiger partial charge in [-0.25, -0.2) is 9.48 Å². The molecule has 0 radical (unpaired) electrons. The molecule has 0 saturated carbocycles. The molecule has 130 valence electrons. The Balaban J connectivity index is 1.65. The summed E-state index contributed by atoms with van der Waals surface area (Å²) < 4.78 is 6.95. The third-order valence-corrected chi connectivity index (χ3v) is 4.04. The predicted octanol–water partition coefficient (Wildman–Crippen LogP) is 3.75. The fraction of sp³-hybridized carbons (Fsp3) is 0.278. The van der Waals surface area contributed by atoms with Crippen LogP contribution in [-0.4, -0.2) is 21.0 Å². The van der Waals surface area contributed by atoms with Crippen LogP contribution in [0.5, 0.6) is 0 Å². The van der Waals surface area contributed by atoms with Crippen LogP contribution in [0.3, 0.4) is 0 Å². The Morgan fingerprint density at radius 1 is 1.28 bits per heavy atom. The van der Waals surface area contributed by atoms with Gasteiger partial charge in [0.2, 0.25) is 0 Å². The van der Waals surface area contributed by atoms with E-state index in [1.54, 1.807) is 10.9 Å². The lowest BCUT2D eigenvalue weighted by atomic mass is 10.0. The van der Waals surface area contributed by atoms with Crippen LogP contribution in [-0.2, 0) is 0 Å². The van der Waals surface area contributed by atoms with Crippen LogP contribution < -0.4 is 10.6 Å². The number of nitrogens with zero attached hydrogens (tertiary/aromatic N) is 3. The standard InChI is InChI=1S/C18H21N5O2/c1-4-16(17-12(2)22-25-13(17)3)21-18(24)20-14-6-8-15(9-7-14)23-11-5-10-19-23/h5-11,16H,4H2,1-3H3,(H2,20,21,24)/t16-/m0/s1. The van der Waals surface area contributed by atoms with Crippen molar-refractivity contribution in [1.29, 1.82) is 0 Å². The lowest BCUT2D eigenvalue weighted by Crippen LogP contribution is -2.32. The largest absolute Gasteiger partial charge is 0.361 e. The summed E-state index contributed by atoms with van der Waals surface area (Å²) in [6.07, 6.45) is 4.33. The van der Waals surface area contributed by atoms with Gasteiger partial charge in [-0.3, -0.25) is 0 Å². The number of urea groups is 1. The van der Waals surface area contributed by atoms with Crippen LogP contribution in [0.1, 0.15) is 36.4 Å². The highest BCUT2D eigenvalue weighted by atomic mass is 16.5. The highest BCUT2D eigenvalue weighted by Gasteiger charge is 2.20. The second-order valence-corrected chi connectivity index (χ2v) is 5.79. The highest BCUT2D eigenvalue weighted by Crippen LogP contribution is 2.24. The Morgan fingerprint density at radius 2 is 2.04 bits per heavy atom. The van der Waals surface area contributed by atoms with Crippen molar-refractivity contribution < 1.29 is 9.32 Å². The lowest BCUT2D eigenvalue weighted by Gasteiger charge is -2.17. The second-order valence-electron chi connectivity index (χ2n) is 5.79. The van der Waals surface area contributed by atoms with Crippen molar-refractivity contribution in [2.45, 2.75) is 33.2 Å². The first-order valence-electron chi connectivity index (χ1n) is 8.19. The number of anilines is 1. The molecular formula is C18H21N5O2. The maximum Gasteiger partial charge on any atom is 0.319 e. The average Bonchev–Trinajstić information content (AvgIpc) is 3.24. The van der Waals surface area contributed by atoms with E-state index in [4.69, 9.17) is 4.52 Å². The second kappa shape index (κ2) is 7.21. The van der Waals surface area contributed by atoms with Crippen LogP contribution in [0.15, 0.2) is 47.2 Å². The molecule has 25 heavy (non-hydrogen) atoms. The van der Waals surface area contributed by atoms with Crippen molar-refractivity contribution >= 4 is 11.7 Å². The van der Waals surface area contributed by atoms with Gasteiger partial charge in [-0.05, 0) is 50.6 Å². The minimum Gasteiger partial charge on any atom is -0.361 e. The Morgan fingerprint density at radius 3 is 2.60 bits per heavy atom. The van der Waals surface area contributed by atoms with Gasteiger partial charge in [-0.1, -0.05) is 12.1 Å². The summed E-state index contributed by atoms with van der Waals surface area (Å²) >= 11 is 0. The summed E-state index contributed by atoms with van der Waals surface area (Å²) in [6, 6.07) is 8.93. The monoisotopic (exact) mass is 339 g/mol. The zero-order valence-corrected chi connectivity index (χ0v) is 14.5. The Bertz CT molecular complexity index is 817. The molecule has 0 unspecified atom stereocenters. The highest BCUT2D eigenvalue weighted by molar-refractivity contribution is 5.89. The van der Waals surface area contributed by atoms with Gasteiger partial charge in [-0.15, -0.1) is 0 Å². The van der Waals surface area contributed by atoms with E-state index in [1.807, 2.05) is 57.3 Å². The zero-order valence-electron chi connectivity index (χ0n) is 14.5. The molecule has 0 aliphatic rings. The maximum absolute atomic E-state index is 12.3. The van der Waals surface area contributed by atoms with E-state index >= 15 is 0 Å². The van der Waals surface area contributed by atoms with E-state index in [9.17, 15) is 4.79 Å². The minimum absolute atomic E-state index is 0.144. The van der Waals surface area contributed by atoms with Gasteiger partial charge in [-0.2, -0.15) is 5.10 Å². The Kier molecular flexibility index (Phi) is 4.83. The molecule has 0 spiro atoms. The summed E-state index contributed by atoms with van der Waals surface area (Å²) in [7, 11) is 0. The number of hydrogen-bond donors (Lipinski definition) is 2. The molecule has 0 aliphatic heterocycles. The number of benzene rings is 1. The first kappa shape index (κ1) is 16.8. The molecule has 7 heteroatoms. The van der Waals surface area contributed by atoms with E-state index in [2.05, 4.69) is 20.9 Å². The van der Waals surface area contributed by atoms with Crippen molar-refractivity contribution in [3.63, 3.8) is 0 Å². The number of nitrogens with one attached hydrogen (secondary N) is 2. The van der Waals surface area contributed by atoms with Crippen LogP contribution in [0.2, 0.25) is 0 Å². The summed E-state index contributed by atoms with van der Waals surface area (Å²) in [5, 5.41) is 14.0. The molecule has 2 heterocycles. The van der Waals surface area contributed by atoms with Gasteiger partial charge in [0.1, 0.15) is 5.76 Å². The van der Waals surface area contributed by atoms with E-state index in [1.165, 1.54) is 0 Å². The fourth-order valence-electron chi connectivity index (χ4n) is 2.81. The quantitative estimate of drug-likeness (QED) is 0.741. The molecule has 0 saturated heterocycles. The van der Waals surface area contributed by atoms with Gasteiger partial charge in [0.05, 0.1) is 17.4 Å². The van der Waals surface area contributed by atoms with Crippen molar-refractivity contribution in [3.8, 4) is 5.69 Å². The van der Waals surface area contributed by atoms with Gasteiger partial charge in [0.25, 0.3) is 0 Å². The zero-order chi connectivity index (χ0) is 17.8. The fourth-order valence-corrected chi connectivity index (χ4v) is 2.81. The van der Waals surface area contributed by atoms with Crippen LogP contribution in [0.25, 0.3) is 5.69 Å². The van der Waals surface area contributed by atoms with Crippen LogP contribution in [0, 0.1) is 13.8 Å². The number of aryl methyl sites for hydroxylation is 2. The van der Waals surface area contributed by atoms with E-state index < -0.39 is 0 Å². The predicted molar refractivity (Wildman–Crippen MR) is 94.7 cm³/mol. The van der Waals surface area contributed by atoms with E-state index in [0.29, 0.717) is 5.69 Å². The average molecular weight is 339 g/mol. The topological polar surface area (TPSA) is 85.0 Å². The number of aromatic nitrogens is 3. The summed E-state index contributed by atoms with van der Waals surface area (Å²) in [6.45, 7) is 5.74. The van der Waals surface area contributed by atoms with Gasteiger partial charge >= 0.3 is 6.03 Å². The van der Waals surface area contributed by atoms with Gasteiger partial charge in [0, 0.05) is 23.6 Å². The van der Waals surface area contributed by atoms with Gasteiger partial charge < -0.3 is 15.2 Å². The third-order valence-electron chi connectivity index (χ3n) is 4.04. The molecule has 1 aromatic carbocycles. The van der Waals surface area contributed by atoms with Crippen LogP contribution >= 0.6 is 0 Å². The molecule has 2 aromatic heterocycles. The van der Waals surface area contributed by atoms with Crippen molar-refractivity contribution in [2.24, 2.45) is 0 Å². The summed E-state index contributed by atoms with van der Waals surface area (Å²) in [5.74, 6) is 0.730. The number of carbonyl (C=O) groups excluding carboxylic acids is 1. The van der Waals surface area contributed by atoms with E-state index in [0.717, 1.165) is 29.1 Å². The normalized spacial score (nSPS) is 12.0. The smallest absolute Gasteiger partial charge is 0.319 e. The number of amides is 2. The summed E-state index contributed by atoms with van der Waals surface area (Å²) in [5.41, 5.74) is 3.38. The molecule has 3 rings (SSSR count). The third kappa shape index (κ3) is 3.71. The molecule has 2 amide bonds.